The van der Waals surface area contributed by atoms with Crippen LogP contribution in [0.5, 0.6) is 0 Å². The molecule has 1 aliphatic rings. The van der Waals surface area contributed by atoms with Gasteiger partial charge in [-0.3, -0.25) is 5.01 Å². The Labute approximate surface area is 364 Å². The van der Waals surface area contributed by atoms with Gasteiger partial charge in [0.05, 0.1) is 24.3 Å². The number of nitrogens with one attached hydrogen (secondary N) is 3. The lowest BCUT2D eigenvalue weighted by Crippen LogP contribution is -2.39. The summed E-state index contributed by atoms with van der Waals surface area (Å²) in [5.74, 6) is 14.5. The molecule has 0 aliphatic carbocycles. The number of fused-ring (bicyclic) bond motifs is 1. The highest BCUT2D eigenvalue weighted by Gasteiger charge is 2.30. The average Bonchev–Trinajstić information content (AvgIpc) is 3.58. The van der Waals surface area contributed by atoms with Crippen molar-refractivity contribution in [1.82, 2.24) is 19.4 Å². The van der Waals surface area contributed by atoms with Crippen LogP contribution < -0.4 is 32.5 Å². The number of hydrazine groups is 1. The number of thioether (sulfide) groups is 2. The first-order valence-corrected chi connectivity index (χ1v) is 22.9. The van der Waals surface area contributed by atoms with Crippen molar-refractivity contribution in [1.29, 1.82) is 0 Å². The van der Waals surface area contributed by atoms with Gasteiger partial charge in [-0.15, -0.1) is 11.8 Å². The number of rotatable bonds is 19. The summed E-state index contributed by atoms with van der Waals surface area (Å²) in [5.41, 5.74) is 10.6. The summed E-state index contributed by atoms with van der Waals surface area (Å²) < 4.78 is 42.6. The van der Waals surface area contributed by atoms with Crippen molar-refractivity contribution in [3.8, 4) is 11.8 Å². The van der Waals surface area contributed by atoms with Gasteiger partial charge in [0, 0.05) is 58.1 Å². The van der Waals surface area contributed by atoms with Gasteiger partial charge in [0.15, 0.2) is 16.8 Å². The third-order valence-electron chi connectivity index (χ3n) is 10.2. The highest BCUT2D eigenvalue weighted by molar-refractivity contribution is 7.99. The second-order valence-electron chi connectivity index (χ2n) is 14.8. The van der Waals surface area contributed by atoms with E-state index in [0.29, 0.717) is 51.8 Å². The Hall–Kier alpha value is -4.46. The number of alkyl halides is 3. The minimum Gasteiger partial charge on any atom is -0.393 e. The highest BCUT2D eigenvalue weighted by atomic mass is 35.5. The maximum atomic E-state index is 13.8. The van der Waals surface area contributed by atoms with E-state index in [0.717, 1.165) is 97.7 Å². The summed E-state index contributed by atoms with van der Waals surface area (Å²) in [6, 6.07) is 23.0. The first kappa shape index (κ1) is 45.1. The maximum Gasteiger partial charge on any atom is 0.406 e. The number of unbranched alkanes of at least 4 members (excludes halogenated alkanes) is 2. The first-order valence-electron chi connectivity index (χ1n) is 20.3. The number of piperidine rings is 1. The number of nitrogen functional groups attached to an aromatic ring is 1. The van der Waals surface area contributed by atoms with Gasteiger partial charge in [-0.25, -0.2) is 15.8 Å². The van der Waals surface area contributed by atoms with E-state index in [1.54, 1.807) is 40.7 Å². The van der Waals surface area contributed by atoms with E-state index in [1.165, 1.54) is 4.57 Å². The molecule has 1 aliphatic heterocycles. The second-order valence-corrected chi connectivity index (χ2v) is 17.2. The van der Waals surface area contributed by atoms with Gasteiger partial charge in [0.2, 0.25) is 0 Å². The summed E-state index contributed by atoms with van der Waals surface area (Å²) in [6.45, 7) is 5.38. The quantitative estimate of drug-likeness (QED) is 0.0136. The Morgan fingerprint density at radius 1 is 0.983 bits per heavy atom. The van der Waals surface area contributed by atoms with Crippen LogP contribution in [0.25, 0.3) is 10.9 Å². The van der Waals surface area contributed by atoms with E-state index in [1.807, 2.05) is 66.9 Å². The molecule has 1 fully saturated rings. The molecular formula is C44H54ClF3N10S2. The molecule has 1 saturated heterocycles. The highest BCUT2D eigenvalue weighted by Crippen LogP contribution is 2.33. The third kappa shape index (κ3) is 13.0. The fraction of sp³-hybridized carbons (Fsp3) is 0.409. The monoisotopic (exact) mass is 878 g/mol. The van der Waals surface area contributed by atoms with Crippen LogP contribution in [0.2, 0.25) is 5.02 Å². The number of anilines is 5. The third-order valence-corrected chi connectivity index (χ3v) is 12.3. The normalized spacial score (nSPS) is 13.6. The molecule has 0 amide bonds. The zero-order valence-corrected chi connectivity index (χ0v) is 36.5. The number of aromatic nitrogens is 3. The van der Waals surface area contributed by atoms with Crippen molar-refractivity contribution in [2.75, 3.05) is 71.4 Å². The summed E-state index contributed by atoms with van der Waals surface area (Å²) >= 11 is 9.30. The average molecular weight is 880 g/mol. The maximum absolute atomic E-state index is 13.8. The first-order chi connectivity index (χ1) is 29.0. The molecule has 7 N–H and O–H groups in total. The Morgan fingerprint density at radius 2 is 1.75 bits per heavy atom. The smallest absolute Gasteiger partial charge is 0.393 e. The molecule has 3 aromatic carbocycles. The molecule has 5 aromatic rings. The molecule has 6 rings (SSSR count). The van der Waals surface area contributed by atoms with Crippen molar-refractivity contribution in [2.24, 2.45) is 5.84 Å². The summed E-state index contributed by atoms with van der Waals surface area (Å²) in [6.07, 6.45) is 3.58. The number of benzene rings is 3. The molecule has 0 atom stereocenters. The zero-order valence-electron chi connectivity index (χ0n) is 34.1. The minimum atomic E-state index is -4.38. The molecule has 0 bridgehead atoms. The molecule has 0 saturated carbocycles. The molecule has 0 radical (unpaired) electrons. The predicted octanol–water partition coefficient (Wildman–Crippen LogP) is 9.96. The molecule has 10 nitrogen and oxygen atoms in total. The topological polar surface area (TPSA) is 125 Å². The van der Waals surface area contributed by atoms with Crippen LogP contribution in [0, 0.1) is 11.8 Å². The molecule has 60 heavy (non-hydrogen) atoms. The van der Waals surface area contributed by atoms with E-state index in [-0.39, 0.29) is 6.04 Å². The standard InChI is InChI=1S/C44H54ClF3N10S2/c1-3-27-60-43-54-41(40(49)42(55-43)58(50)29-31-12-14-32(45)15-13-31)52-22-5-4-6-24-56-25-20-34(21-26-56)53-38-10-7-11-39-37(38)28-35(57(39)30-44(46,47)48)9-8-23-51-33-16-18-36(59-2)19-17-33/h7,10-19,28,34,51,53H,3-6,20-27,29-30,49-50H2,1-2H3,(H,52,54,55). The molecule has 2 aromatic heterocycles. The summed E-state index contributed by atoms with van der Waals surface area (Å²) in [5, 5.41) is 13.9. The van der Waals surface area contributed by atoms with Crippen LogP contribution in [-0.4, -0.2) is 76.4 Å². The summed E-state index contributed by atoms with van der Waals surface area (Å²) in [4.78, 5) is 13.0. The molecular weight excluding hydrogens is 825 g/mol. The van der Waals surface area contributed by atoms with Gasteiger partial charge in [0.25, 0.3) is 0 Å². The van der Waals surface area contributed by atoms with E-state index in [9.17, 15) is 13.2 Å². The number of hydrogen-bond acceptors (Lipinski definition) is 11. The van der Waals surface area contributed by atoms with Crippen LogP contribution >= 0.6 is 35.1 Å². The lowest BCUT2D eigenvalue weighted by atomic mass is 10.0. The van der Waals surface area contributed by atoms with Crippen LogP contribution in [-0.2, 0) is 13.1 Å². The molecule has 3 heterocycles. The zero-order chi connectivity index (χ0) is 42.5. The van der Waals surface area contributed by atoms with Gasteiger partial charge >= 0.3 is 6.18 Å². The molecule has 320 valence electrons. The minimum absolute atomic E-state index is 0.220. The van der Waals surface area contributed by atoms with E-state index in [4.69, 9.17) is 28.2 Å². The Balaban J connectivity index is 0.975. The van der Waals surface area contributed by atoms with Crippen LogP contribution in [0.3, 0.4) is 0 Å². The molecule has 0 unspecified atom stereocenters. The van der Waals surface area contributed by atoms with Crippen molar-refractivity contribution >= 4 is 74.7 Å². The fourth-order valence-electron chi connectivity index (χ4n) is 7.13. The largest absolute Gasteiger partial charge is 0.406 e. The van der Waals surface area contributed by atoms with Crippen LogP contribution in [0.4, 0.5) is 41.9 Å². The van der Waals surface area contributed by atoms with Gasteiger partial charge in [-0.05, 0) is 111 Å². The van der Waals surface area contributed by atoms with E-state index in [2.05, 4.69) is 44.6 Å². The van der Waals surface area contributed by atoms with Gasteiger partial charge < -0.3 is 31.2 Å². The second kappa shape index (κ2) is 21.9. The number of likely N-dealkylation sites (tertiary alicyclic amines) is 1. The predicted molar refractivity (Wildman–Crippen MR) is 246 cm³/mol. The molecule has 0 spiro atoms. The Kier molecular flexibility index (Phi) is 16.4. The lowest BCUT2D eigenvalue weighted by molar-refractivity contribution is -0.140. The van der Waals surface area contributed by atoms with Crippen LogP contribution in [0.15, 0.2) is 82.8 Å². The van der Waals surface area contributed by atoms with Crippen molar-refractivity contribution in [3.05, 3.63) is 89.1 Å². The number of nitrogens with two attached hydrogens (primary N) is 2. The SMILES string of the molecule is CCCSc1nc(NCCCCCN2CCC(Nc3cccc4c3cc(C#CCNc3ccc(SC)cc3)n4CC(F)(F)F)CC2)c(N)c(N(N)Cc2ccc(Cl)cc2)n1. The lowest BCUT2D eigenvalue weighted by Gasteiger charge is -2.33. The van der Waals surface area contributed by atoms with Gasteiger partial charge in [-0.1, -0.05) is 60.8 Å². The number of nitrogens with zero attached hydrogens (tertiary/aromatic N) is 5. The van der Waals surface area contributed by atoms with Crippen molar-refractivity contribution in [3.63, 3.8) is 0 Å². The fourth-order valence-corrected chi connectivity index (χ4v) is 8.36. The van der Waals surface area contributed by atoms with E-state index >= 15 is 0 Å². The van der Waals surface area contributed by atoms with Gasteiger partial charge in [0.1, 0.15) is 12.2 Å². The number of hydrogen-bond donors (Lipinski definition) is 5. The van der Waals surface area contributed by atoms with Gasteiger partial charge in [-0.2, -0.15) is 13.2 Å². The van der Waals surface area contributed by atoms with Crippen molar-refractivity contribution < 1.29 is 13.2 Å². The Bertz CT molecular complexity index is 2200. The van der Waals surface area contributed by atoms with E-state index < -0.39 is 12.7 Å². The van der Waals surface area contributed by atoms with Crippen LogP contribution in [0.1, 0.15) is 56.7 Å². The summed E-state index contributed by atoms with van der Waals surface area (Å²) in [7, 11) is 0. The van der Waals surface area contributed by atoms with Crippen molar-refractivity contribution in [2.45, 2.75) is 80.8 Å². The molecule has 16 heteroatoms. The Morgan fingerprint density at radius 3 is 2.47 bits per heavy atom. The number of halogens is 4.